The summed E-state index contributed by atoms with van der Waals surface area (Å²) >= 11 is 0. The molecule has 23 heavy (non-hydrogen) atoms. The van der Waals surface area contributed by atoms with Crippen LogP contribution in [0.1, 0.15) is 53.9 Å². The molecule has 0 aromatic heterocycles. The number of carbonyl (C=O) groups is 4. The van der Waals surface area contributed by atoms with Crippen molar-refractivity contribution >= 4 is 23.8 Å². The summed E-state index contributed by atoms with van der Waals surface area (Å²) < 4.78 is 5.06. The largest absolute Gasteiger partial charge is 0.457 e. The van der Waals surface area contributed by atoms with Gasteiger partial charge in [-0.25, -0.2) is 9.59 Å². The quantitative estimate of drug-likeness (QED) is 0.449. The van der Waals surface area contributed by atoms with Gasteiger partial charge in [-0.15, -0.1) is 5.06 Å². The van der Waals surface area contributed by atoms with E-state index in [0.717, 1.165) is 0 Å². The van der Waals surface area contributed by atoms with Crippen molar-refractivity contribution in [3.63, 3.8) is 0 Å². The molecule has 0 aromatic carbocycles. The summed E-state index contributed by atoms with van der Waals surface area (Å²) in [5.41, 5.74) is -3.52. The predicted octanol–water partition coefficient (Wildman–Crippen LogP) is 0.712. The molecule has 0 spiro atoms. The van der Waals surface area contributed by atoms with Gasteiger partial charge in [-0.2, -0.15) is 0 Å². The summed E-state index contributed by atoms with van der Waals surface area (Å²) in [6.45, 7) is 8.13. The van der Waals surface area contributed by atoms with Crippen LogP contribution < -0.4 is 0 Å². The zero-order valence-corrected chi connectivity index (χ0v) is 14.0. The molecule has 1 atom stereocenters. The molecule has 1 aliphatic rings. The summed E-state index contributed by atoms with van der Waals surface area (Å²) in [5.74, 6) is -4.21. The van der Waals surface area contributed by atoms with Crippen LogP contribution in [0.4, 0.5) is 0 Å². The zero-order valence-electron chi connectivity index (χ0n) is 14.0. The average Bonchev–Trinajstić information content (AvgIpc) is 2.67. The first-order valence-electron chi connectivity index (χ1n) is 7.41. The number of ether oxygens (including phenoxy) is 1. The van der Waals surface area contributed by atoms with Gasteiger partial charge in [0.25, 0.3) is 17.4 Å². The topological polar surface area (TPSA) is 110 Å². The highest BCUT2D eigenvalue weighted by Gasteiger charge is 2.51. The van der Waals surface area contributed by atoms with E-state index in [4.69, 9.17) is 4.74 Å². The molecule has 8 heteroatoms. The summed E-state index contributed by atoms with van der Waals surface area (Å²) in [6.07, 6.45) is -0.431. The Kier molecular flexibility index (Phi) is 5.52. The molecule has 0 bridgehead atoms. The summed E-state index contributed by atoms with van der Waals surface area (Å²) in [5, 5.41) is 10.8. The van der Waals surface area contributed by atoms with Crippen LogP contribution in [0.2, 0.25) is 0 Å². The number of hydrogen-bond donors (Lipinski definition) is 1. The zero-order chi connectivity index (χ0) is 18.0. The van der Waals surface area contributed by atoms with Crippen LogP contribution in [-0.2, 0) is 28.8 Å². The highest BCUT2D eigenvalue weighted by molar-refractivity contribution is 6.06. The molecule has 8 nitrogen and oxygen atoms in total. The first-order chi connectivity index (χ1) is 10.4. The van der Waals surface area contributed by atoms with Crippen LogP contribution >= 0.6 is 0 Å². The van der Waals surface area contributed by atoms with E-state index in [1.807, 2.05) is 0 Å². The maximum absolute atomic E-state index is 12.3. The standard InChI is InChI=1S/C15H23NO7/c1-9(2)8-15(21,12(19)22-14(3,4)5)13(20)23-16-10(17)6-7-11(16)18/h9,21H,6-8H2,1-5H3/t15-/m1/s1. The second-order valence-corrected chi connectivity index (χ2v) is 6.92. The van der Waals surface area contributed by atoms with Gasteiger partial charge in [0.15, 0.2) is 0 Å². The highest BCUT2D eigenvalue weighted by Crippen LogP contribution is 2.25. The third kappa shape index (κ3) is 4.75. The van der Waals surface area contributed by atoms with Crippen molar-refractivity contribution in [1.82, 2.24) is 5.06 Å². The first kappa shape index (κ1) is 19.1. The number of imide groups is 1. The van der Waals surface area contributed by atoms with Gasteiger partial charge in [0.05, 0.1) is 0 Å². The van der Waals surface area contributed by atoms with Crippen molar-refractivity contribution in [2.75, 3.05) is 0 Å². The van der Waals surface area contributed by atoms with Crippen molar-refractivity contribution in [2.24, 2.45) is 5.92 Å². The molecule has 0 unspecified atom stereocenters. The van der Waals surface area contributed by atoms with E-state index in [-0.39, 0.29) is 30.2 Å². The maximum Gasteiger partial charge on any atom is 0.376 e. The molecule has 1 saturated heterocycles. The van der Waals surface area contributed by atoms with Crippen molar-refractivity contribution in [3.05, 3.63) is 0 Å². The number of nitrogens with zero attached hydrogens (tertiary/aromatic N) is 1. The van der Waals surface area contributed by atoms with Gasteiger partial charge in [0.2, 0.25) is 0 Å². The molecule has 0 aliphatic carbocycles. The molecule has 1 N–H and O–H groups in total. The van der Waals surface area contributed by atoms with Crippen molar-refractivity contribution in [3.8, 4) is 0 Å². The van der Waals surface area contributed by atoms with Crippen LogP contribution in [0.3, 0.4) is 0 Å². The lowest BCUT2D eigenvalue weighted by Gasteiger charge is -2.30. The summed E-state index contributed by atoms with van der Waals surface area (Å²) in [4.78, 5) is 52.2. The van der Waals surface area contributed by atoms with Crippen LogP contribution in [0, 0.1) is 5.92 Å². The Morgan fingerprint density at radius 3 is 2.00 bits per heavy atom. The molecule has 130 valence electrons. The number of rotatable bonds is 5. The molecule has 1 heterocycles. The maximum atomic E-state index is 12.3. The monoisotopic (exact) mass is 329 g/mol. The second-order valence-electron chi connectivity index (χ2n) is 6.92. The number of hydrogen-bond acceptors (Lipinski definition) is 7. The summed E-state index contributed by atoms with van der Waals surface area (Å²) in [7, 11) is 0. The van der Waals surface area contributed by atoms with Crippen LogP contribution in [0.15, 0.2) is 0 Å². The smallest absolute Gasteiger partial charge is 0.376 e. The molecule has 1 fully saturated rings. The van der Waals surface area contributed by atoms with Gasteiger partial charge in [-0.05, 0) is 26.7 Å². The Bertz CT molecular complexity index is 504. The number of esters is 1. The number of aliphatic hydroxyl groups is 1. The number of hydroxylamine groups is 2. The predicted molar refractivity (Wildman–Crippen MR) is 77.4 cm³/mol. The van der Waals surface area contributed by atoms with Gasteiger partial charge >= 0.3 is 11.9 Å². The van der Waals surface area contributed by atoms with Crippen molar-refractivity contribution in [1.29, 1.82) is 0 Å². The van der Waals surface area contributed by atoms with E-state index in [0.29, 0.717) is 0 Å². The lowest BCUT2D eigenvalue weighted by molar-refractivity contribution is -0.218. The van der Waals surface area contributed by atoms with Gasteiger partial charge in [0, 0.05) is 19.3 Å². The van der Waals surface area contributed by atoms with Crippen molar-refractivity contribution < 1.29 is 33.9 Å². The minimum absolute atomic E-state index is 0.0822. The Balaban J connectivity index is 3.00. The number of amides is 2. The van der Waals surface area contributed by atoms with Gasteiger partial charge in [-0.1, -0.05) is 13.8 Å². The van der Waals surface area contributed by atoms with E-state index in [9.17, 15) is 24.3 Å². The molecule has 2 amide bonds. The SMILES string of the molecule is CC(C)C[C@](O)(C(=O)ON1C(=O)CCC1=O)C(=O)OC(C)(C)C. The van der Waals surface area contributed by atoms with E-state index in [1.165, 1.54) is 0 Å². The van der Waals surface area contributed by atoms with E-state index in [2.05, 4.69) is 4.84 Å². The molecule has 1 rings (SSSR count). The van der Waals surface area contributed by atoms with Crippen LogP contribution in [-0.4, -0.2) is 45.1 Å². The van der Waals surface area contributed by atoms with Crippen molar-refractivity contribution in [2.45, 2.75) is 65.1 Å². The Labute approximate surface area is 134 Å². The van der Waals surface area contributed by atoms with E-state index >= 15 is 0 Å². The van der Waals surface area contributed by atoms with Gasteiger partial charge in [0.1, 0.15) is 5.60 Å². The Hall–Kier alpha value is -1.96. The van der Waals surface area contributed by atoms with Crippen LogP contribution in [0.5, 0.6) is 0 Å². The van der Waals surface area contributed by atoms with E-state index < -0.39 is 35.0 Å². The fourth-order valence-corrected chi connectivity index (χ4v) is 2.02. The lowest BCUT2D eigenvalue weighted by Crippen LogP contribution is -2.53. The minimum atomic E-state index is -2.59. The first-order valence-corrected chi connectivity index (χ1v) is 7.41. The minimum Gasteiger partial charge on any atom is -0.457 e. The normalized spacial score (nSPS) is 18.1. The molecule has 1 aliphatic heterocycles. The Morgan fingerprint density at radius 2 is 1.61 bits per heavy atom. The van der Waals surface area contributed by atoms with Gasteiger partial charge < -0.3 is 14.7 Å². The molecular formula is C15H23NO7. The third-order valence-corrected chi connectivity index (χ3v) is 2.96. The number of carbonyl (C=O) groups excluding carboxylic acids is 4. The Morgan fingerprint density at radius 1 is 1.13 bits per heavy atom. The average molecular weight is 329 g/mol. The third-order valence-electron chi connectivity index (χ3n) is 2.96. The summed E-state index contributed by atoms with van der Waals surface area (Å²) in [6, 6.07) is 0. The fourth-order valence-electron chi connectivity index (χ4n) is 2.02. The molecular weight excluding hydrogens is 306 g/mol. The molecule has 0 saturated carbocycles. The molecule has 0 radical (unpaired) electrons. The second kappa shape index (κ2) is 6.66. The fraction of sp³-hybridized carbons (Fsp3) is 0.733. The van der Waals surface area contributed by atoms with Crippen LogP contribution in [0.25, 0.3) is 0 Å². The van der Waals surface area contributed by atoms with E-state index in [1.54, 1.807) is 34.6 Å². The lowest BCUT2D eigenvalue weighted by atomic mass is 9.92. The molecule has 0 aromatic rings. The van der Waals surface area contributed by atoms with Gasteiger partial charge in [-0.3, -0.25) is 9.59 Å². The highest BCUT2D eigenvalue weighted by atomic mass is 16.7.